The number of carbonyl (C=O) groups excluding carboxylic acids is 2. The number of fused-ring (bicyclic) bond motifs is 3. The molecule has 2 atom stereocenters. The molecular formula is C24H28N2O6. The first-order valence-electron chi connectivity index (χ1n) is 10.4. The third-order valence-electron chi connectivity index (χ3n) is 5.52. The van der Waals surface area contributed by atoms with Crippen LogP contribution in [-0.2, 0) is 19.1 Å². The van der Waals surface area contributed by atoms with Crippen LogP contribution >= 0.6 is 0 Å². The highest BCUT2D eigenvalue weighted by atomic mass is 16.5. The van der Waals surface area contributed by atoms with Crippen molar-refractivity contribution < 1.29 is 29.0 Å². The number of carboxylic acids is 1. The van der Waals surface area contributed by atoms with E-state index in [4.69, 9.17) is 9.47 Å². The van der Waals surface area contributed by atoms with Gasteiger partial charge in [-0.25, -0.2) is 9.59 Å². The number of benzene rings is 2. The molecule has 32 heavy (non-hydrogen) atoms. The summed E-state index contributed by atoms with van der Waals surface area (Å²) in [4.78, 5) is 36.0. The van der Waals surface area contributed by atoms with Crippen LogP contribution < -0.4 is 10.6 Å². The van der Waals surface area contributed by atoms with Gasteiger partial charge in [0.15, 0.2) is 5.54 Å². The molecule has 1 aliphatic rings. The lowest BCUT2D eigenvalue weighted by Crippen LogP contribution is -2.56. The molecule has 0 radical (unpaired) electrons. The van der Waals surface area contributed by atoms with E-state index in [-0.39, 0.29) is 25.6 Å². The molecule has 8 nitrogen and oxygen atoms in total. The molecule has 170 valence electrons. The summed E-state index contributed by atoms with van der Waals surface area (Å²) in [5, 5.41) is 14.4. The molecule has 0 fully saturated rings. The summed E-state index contributed by atoms with van der Waals surface area (Å²) in [6.45, 7) is 3.00. The maximum absolute atomic E-state index is 12.3. The van der Waals surface area contributed by atoms with Crippen LogP contribution in [0.4, 0.5) is 4.79 Å². The van der Waals surface area contributed by atoms with Crippen molar-refractivity contribution in [3.63, 3.8) is 0 Å². The van der Waals surface area contributed by atoms with Gasteiger partial charge in [0.25, 0.3) is 0 Å². The van der Waals surface area contributed by atoms with Gasteiger partial charge in [-0.15, -0.1) is 0 Å². The van der Waals surface area contributed by atoms with Crippen LogP contribution in [0.25, 0.3) is 11.1 Å². The number of rotatable bonds is 9. The number of carbonyl (C=O) groups is 3. The lowest BCUT2D eigenvalue weighted by atomic mass is 9.98. The van der Waals surface area contributed by atoms with E-state index in [0.717, 1.165) is 22.3 Å². The number of methoxy groups -OCH3 is 1. The van der Waals surface area contributed by atoms with E-state index in [9.17, 15) is 19.5 Å². The van der Waals surface area contributed by atoms with Gasteiger partial charge in [-0.05, 0) is 36.1 Å². The first-order chi connectivity index (χ1) is 15.2. The summed E-state index contributed by atoms with van der Waals surface area (Å²) >= 11 is 0. The zero-order valence-corrected chi connectivity index (χ0v) is 18.4. The van der Waals surface area contributed by atoms with Gasteiger partial charge >= 0.3 is 12.1 Å². The van der Waals surface area contributed by atoms with E-state index in [2.05, 4.69) is 22.8 Å². The smallest absolute Gasteiger partial charge is 0.407 e. The molecule has 2 aromatic carbocycles. The molecule has 2 aromatic rings. The molecule has 1 aliphatic carbocycles. The summed E-state index contributed by atoms with van der Waals surface area (Å²) < 4.78 is 10.4. The van der Waals surface area contributed by atoms with Gasteiger partial charge in [-0.1, -0.05) is 48.5 Å². The molecular weight excluding hydrogens is 412 g/mol. The van der Waals surface area contributed by atoms with Gasteiger partial charge in [0.1, 0.15) is 6.61 Å². The second-order valence-corrected chi connectivity index (χ2v) is 8.19. The Morgan fingerprint density at radius 3 is 2.16 bits per heavy atom. The molecule has 0 spiro atoms. The van der Waals surface area contributed by atoms with Crippen LogP contribution in [0.15, 0.2) is 48.5 Å². The van der Waals surface area contributed by atoms with Crippen LogP contribution in [0.5, 0.6) is 0 Å². The molecule has 0 aromatic heterocycles. The molecule has 2 amide bonds. The van der Waals surface area contributed by atoms with Crippen molar-refractivity contribution in [3.05, 3.63) is 59.7 Å². The minimum atomic E-state index is -1.55. The normalized spacial score (nSPS) is 15.1. The maximum Gasteiger partial charge on any atom is 0.407 e. The molecule has 0 saturated heterocycles. The molecule has 0 heterocycles. The molecule has 0 aliphatic heterocycles. The maximum atomic E-state index is 12.3. The van der Waals surface area contributed by atoms with Crippen molar-refractivity contribution in [3.8, 4) is 11.1 Å². The Morgan fingerprint density at radius 1 is 1.06 bits per heavy atom. The van der Waals surface area contributed by atoms with E-state index < -0.39 is 29.6 Å². The second-order valence-electron chi connectivity index (χ2n) is 8.19. The van der Waals surface area contributed by atoms with Gasteiger partial charge in [-0.3, -0.25) is 4.79 Å². The van der Waals surface area contributed by atoms with Gasteiger partial charge < -0.3 is 25.2 Å². The Morgan fingerprint density at radius 2 is 1.62 bits per heavy atom. The van der Waals surface area contributed by atoms with Crippen LogP contribution in [-0.4, -0.2) is 55.0 Å². The minimum absolute atomic E-state index is 0.0583. The summed E-state index contributed by atoms with van der Waals surface area (Å²) in [7, 11) is 1.36. The van der Waals surface area contributed by atoms with Crippen molar-refractivity contribution in [2.75, 3.05) is 20.3 Å². The molecule has 0 saturated carbocycles. The number of carboxylic acid groups (broad SMARTS) is 1. The van der Waals surface area contributed by atoms with Crippen LogP contribution in [0.1, 0.15) is 37.3 Å². The second kappa shape index (κ2) is 9.82. The SMILES string of the molecule is COCC(C)(NC(=O)C[C@H](C)NC(=O)OCC1c2ccccc2-c2ccccc21)C(=O)O. The predicted molar refractivity (Wildman–Crippen MR) is 118 cm³/mol. The fraction of sp³-hybridized carbons (Fsp3) is 0.375. The Hall–Kier alpha value is -3.39. The monoisotopic (exact) mass is 440 g/mol. The zero-order valence-electron chi connectivity index (χ0n) is 18.4. The highest BCUT2D eigenvalue weighted by molar-refractivity contribution is 5.87. The number of ether oxygens (including phenoxy) is 2. The summed E-state index contributed by atoms with van der Waals surface area (Å²) in [5.74, 6) is -1.78. The summed E-state index contributed by atoms with van der Waals surface area (Å²) in [6, 6.07) is 15.5. The van der Waals surface area contributed by atoms with Gasteiger partial charge in [-0.2, -0.15) is 0 Å². The average molecular weight is 440 g/mol. The van der Waals surface area contributed by atoms with Crippen molar-refractivity contribution in [2.45, 2.75) is 37.8 Å². The largest absolute Gasteiger partial charge is 0.479 e. The molecule has 3 N–H and O–H groups in total. The molecule has 8 heteroatoms. The Bertz CT molecular complexity index is 962. The Balaban J connectivity index is 1.54. The number of aliphatic carboxylic acids is 1. The predicted octanol–water partition coefficient (Wildman–Crippen LogP) is 2.91. The fourth-order valence-corrected chi connectivity index (χ4v) is 3.97. The topological polar surface area (TPSA) is 114 Å². The van der Waals surface area contributed by atoms with Crippen LogP contribution in [0.2, 0.25) is 0 Å². The van der Waals surface area contributed by atoms with Crippen molar-refractivity contribution >= 4 is 18.0 Å². The molecule has 0 bridgehead atoms. The fourth-order valence-electron chi connectivity index (χ4n) is 3.97. The van der Waals surface area contributed by atoms with E-state index in [0.29, 0.717) is 0 Å². The van der Waals surface area contributed by atoms with E-state index in [1.54, 1.807) is 6.92 Å². The lowest BCUT2D eigenvalue weighted by Gasteiger charge is -2.26. The van der Waals surface area contributed by atoms with Crippen molar-refractivity contribution in [1.29, 1.82) is 0 Å². The van der Waals surface area contributed by atoms with Gasteiger partial charge in [0, 0.05) is 25.5 Å². The van der Waals surface area contributed by atoms with E-state index in [1.165, 1.54) is 14.0 Å². The summed E-state index contributed by atoms with van der Waals surface area (Å²) in [5.41, 5.74) is 2.95. The quantitative estimate of drug-likeness (QED) is 0.553. The van der Waals surface area contributed by atoms with Gasteiger partial charge in [0.05, 0.1) is 6.61 Å². The lowest BCUT2D eigenvalue weighted by molar-refractivity contribution is -0.149. The number of hydrogen-bond acceptors (Lipinski definition) is 5. The zero-order chi connectivity index (χ0) is 23.3. The standard InChI is InChI=1S/C24H28N2O6/c1-15(12-21(27)26-24(2,14-31-3)22(28)29)25-23(30)32-13-20-18-10-6-4-8-16(18)17-9-5-7-11-19(17)20/h4-11,15,20H,12-14H2,1-3H3,(H,25,30)(H,26,27)(H,28,29)/t15-,24?/m0/s1. The van der Waals surface area contributed by atoms with Gasteiger partial charge in [0.2, 0.25) is 5.91 Å². The van der Waals surface area contributed by atoms with Crippen LogP contribution in [0.3, 0.4) is 0 Å². The molecule has 3 rings (SSSR count). The summed E-state index contributed by atoms with van der Waals surface area (Å²) in [6.07, 6.45) is -0.735. The molecule has 1 unspecified atom stereocenters. The number of nitrogens with one attached hydrogen (secondary N) is 2. The highest BCUT2D eigenvalue weighted by Gasteiger charge is 2.35. The number of alkyl carbamates (subject to hydrolysis) is 1. The first kappa shape index (κ1) is 23.3. The average Bonchev–Trinajstić information content (AvgIpc) is 3.06. The Labute approximate surface area is 186 Å². The van der Waals surface area contributed by atoms with E-state index >= 15 is 0 Å². The van der Waals surface area contributed by atoms with E-state index in [1.807, 2.05) is 36.4 Å². The Kier molecular flexibility index (Phi) is 7.15. The third-order valence-corrected chi connectivity index (χ3v) is 5.52. The van der Waals surface area contributed by atoms with Crippen molar-refractivity contribution in [1.82, 2.24) is 10.6 Å². The minimum Gasteiger partial charge on any atom is -0.479 e. The highest BCUT2D eigenvalue weighted by Crippen LogP contribution is 2.44. The number of hydrogen-bond donors (Lipinski definition) is 3. The first-order valence-corrected chi connectivity index (χ1v) is 10.4. The third kappa shape index (κ3) is 5.08. The van der Waals surface area contributed by atoms with Crippen molar-refractivity contribution in [2.24, 2.45) is 0 Å². The number of amides is 2. The van der Waals surface area contributed by atoms with Crippen LogP contribution in [0, 0.1) is 0 Å².